The molecule has 2 heterocycles. The molecule has 0 aliphatic carbocycles. The molecule has 2 amide bonds. The number of aromatic nitrogens is 1. The van der Waals surface area contributed by atoms with Crippen LogP contribution in [0.2, 0.25) is 0 Å². The number of nitrogens with zero attached hydrogens (tertiary/aromatic N) is 2. The third-order valence-corrected chi connectivity index (χ3v) is 4.64. The number of nitrogens with one attached hydrogen (secondary N) is 1. The molecule has 7 nitrogen and oxygen atoms in total. The zero-order valence-electron chi connectivity index (χ0n) is 13.1. The number of hydrogen-bond acceptors (Lipinski definition) is 5. The van der Waals surface area contributed by atoms with Crippen molar-refractivity contribution in [2.45, 2.75) is 39.2 Å². The van der Waals surface area contributed by atoms with Crippen LogP contribution in [-0.4, -0.2) is 45.9 Å². The maximum atomic E-state index is 12.2. The van der Waals surface area contributed by atoms with E-state index in [2.05, 4.69) is 10.3 Å². The van der Waals surface area contributed by atoms with Gasteiger partial charge in [-0.25, -0.2) is 9.78 Å². The summed E-state index contributed by atoms with van der Waals surface area (Å²) in [5, 5.41) is 13.6. The predicted octanol–water partition coefficient (Wildman–Crippen LogP) is 1.50. The predicted molar refractivity (Wildman–Crippen MR) is 85.1 cm³/mol. The molecule has 8 heteroatoms. The van der Waals surface area contributed by atoms with Crippen LogP contribution in [0.1, 0.15) is 48.1 Å². The van der Waals surface area contributed by atoms with Crippen LogP contribution >= 0.6 is 11.3 Å². The Bertz CT molecular complexity index is 587. The number of amides is 2. The third-order valence-electron chi connectivity index (χ3n) is 3.79. The summed E-state index contributed by atoms with van der Waals surface area (Å²) in [6, 6.07) is 0. The molecule has 1 atom stereocenters. The monoisotopic (exact) mass is 339 g/mol. The maximum Gasteiger partial charge on any atom is 0.355 e. The third kappa shape index (κ3) is 4.75. The van der Waals surface area contributed by atoms with Gasteiger partial charge in [-0.15, -0.1) is 11.3 Å². The molecule has 2 N–H and O–H groups in total. The Kier molecular flexibility index (Phi) is 6.09. The van der Waals surface area contributed by atoms with Crippen molar-refractivity contribution >= 4 is 29.1 Å². The number of rotatable bonds is 6. The molecule has 0 radical (unpaired) electrons. The fourth-order valence-electron chi connectivity index (χ4n) is 2.59. The maximum absolute atomic E-state index is 12.2. The molecule has 1 aliphatic rings. The molecular formula is C15H21N3O4S. The quantitative estimate of drug-likeness (QED) is 0.818. The van der Waals surface area contributed by atoms with E-state index in [0.717, 1.165) is 25.8 Å². The molecule has 1 fully saturated rings. The van der Waals surface area contributed by atoms with E-state index in [4.69, 9.17) is 5.11 Å². The zero-order chi connectivity index (χ0) is 16.8. The summed E-state index contributed by atoms with van der Waals surface area (Å²) in [5.41, 5.74) is -0.00625. The number of carboxylic acids is 1. The summed E-state index contributed by atoms with van der Waals surface area (Å²) < 4.78 is 0. The van der Waals surface area contributed by atoms with Gasteiger partial charge in [-0.3, -0.25) is 9.59 Å². The Morgan fingerprint density at radius 1 is 1.48 bits per heavy atom. The number of carbonyl (C=O) groups is 3. The number of carbonyl (C=O) groups excluding carboxylic acids is 2. The summed E-state index contributed by atoms with van der Waals surface area (Å²) in [7, 11) is 0. The van der Waals surface area contributed by atoms with E-state index >= 15 is 0 Å². The lowest BCUT2D eigenvalue weighted by atomic mass is 9.97. The molecule has 1 aliphatic heterocycles. The lowest BCUT2D eigenvalue weighted by Gasteiger charge is -2.32. The van der Waals surface area contributed by atoms with Gasteiger partial charge in [0.1, 0.15) is 5.01 Å². The van der Waals surface area contributed by atoms with Crippen LogP contribution < -0.4 is 5.32 Å². The summed E-state index contributed by atoms with van der Waals surface area (Å²) in [6.07, 6.45) is 2.92. The van der Waals surface area contributed by atoms with E-state index in [1.165, 1.54) is 16.7 Å². The highest BCUT2D eigenvalue weighted by molar-refractivity contribution is 7.09. The van der Waals surface area contributed by atoms with E-state index in [1.54, 1.807) is 4.90 Å². The second kappa shape index (κ2) is 8.05. The highest BCUT2D eigenvalue weighted by Gasteiger charge is 2.27. The van der Waals surface area contributed by atoms with Crippen LogP contribution in [0.25, 0.3) is 0 Å². The number of thiazole rings is 1. The van der Waals surface area contributed by atoms with Crippen molar-refractivity contribution < 1.29 is 19.5 Å². The van der Waals surface area contributed by atoms with Gasteiger partial charge in [0.2, 0.25) is 11.8 Å². The minimum absolute atomic E-state index is 0.00625. The normalized spacial score (nSPS) is 17.8. The van der Waals surface area contributed by atoms with Crippen LogP contribution in [0.4, 0.5) is 0 Å². The van der Waals surface area contributed by atoms with E-state index < -0.39 is 5.97 Å². The Hall–Kier alpha value is -1.96. The van der Waals surface area contributed by atoms with E-state index in [9.17, 15) is 14.4 Å². The van der Waals surface area contributed by atoms with Crippen molar-refractivity contribution in [1.29, 1.82) is 0 Å². The highest BCUT2D eigenvalue weighted by atomic mass is 32.1. The van der Waals surface area contributed by atoms with Crippen molar-refractivity contribution in [2.24, 2.45) is 5.92 Å². The molecule has 0 aromatic carbocycles. The van der Waals surface area contributed by atoms with E-state index in [0.29, 0.717) is 18.0 Å². The minimum atomic E-state index is -1.07. The first-order chi connectivity index (χ1) is 11.0. The first-order valence-corrected chi connectivity index (χ1v) is 8.62. The van der Waals surface area contributed by atoms with Gasteiger partial charge >= 0.3 is 5.97 Å². The van der Waals surface area contributed by atoms with Crippen molar-refractivity contribution in [2.75, 3.05) is 13.1 Å². The second-order valence-electron chi connectivity index (χ2n) is 5.58. The van der Waals surface area contributed by atoms with E-state index in [1.807, 2.05) is 6.92 Å². The Balaban J connectivity index is 1.84. The lowest BCUT2D eigenvalue weighted by molar-refractivity contribution is -0.135. The number of hydrogen-bond donors (Lipinski definition) is 2. The lowest BCUT2D eigenvalue weighted by Crippen LogP contribution is -2.45. The first-order valence-electron chi connectivity index (χ1n) is 7.74. The van der Waals surface area contributed by atoms with Gasteiger partial charge in [-0.2, -0.15) is 0 Å². The second-order valence-corrected chi connectivity index (χ2v) is 6.52. The SMILES string of the molecule is CCCC(=O)N1CCCC(C(=O)NCc2nc(C(=O)O)cs2)C1. The summed E-state index contributed by atoms with van der Waals surface area (Å²) in [6.45, 7) is 3.36. The van der Waals surface area contributed by atoms with E-state index in [-0.39, 0.29) is 30.0 Å². The molecule has 23 heavy (non-hydrogen) atoms. The number of aromatic carboxylic acids is 1. The number of carboxylic acid groups (broad SMARTS) is 1. The molecule has 1 aromatic heterocycles. The van der Waals surface area contributed by atoms with Gasteiger partial charge in [0.15, 0.2) is 5.69 Å². The molecule has 1 unspecified atom stereocenters. The van der Waals surface area contributed by atoms with Gasteiger partial charge in [0, 0.05) is 24.9 Å². The van der Waals surface area contributed by atoms with Crippen molar-refractivity contribution in [3.8, 4) is 0 Å². The Morgan fingerprint density at radius 2 is 2.26 bits per heavy atom. The smallest absolute Gasteiger partial charge is 0.355 e. The van der Waals surface area contributed by atoms with Crippen LogP contribution in [0, 0.1) is 5.92 Å². The van der Waals surface area contributed by atoms with Crippen LogP contribution in [0.3, 0.4) is 0 Å². The molecule has 1 saturated heterocycles. The van der Waals surface area contributed by atoms with Crippen molar-refractivity contribution in [3.05, 3.63) is 16.1 Å². The Labute approximate surface area is 138 Å². The molecule has 126 valence electrons. The number of likely N-dealkylation sites (tertiary alicyclic amines) is 1. The summed E-state index contributed by atoms with van der Waals surface area (Å²) in [4.78, 5) is 40.7. The standard InChI is InChI=1S/C15H21N3O4S/c1-2-4-13(19)18-6-3-5-10(8-18)14(20)16-7-12-17-11(9-23-12)15(21)22/h9-10H,2-8H2,1H3,(H,16,20)(H,21,22). The first kappa shape index (κ1) is 17.4. The minimum Gasteiger partial charge on any atom is -0.476 e. The van der Waals surface area contributed by atoms with Crippen molar-refractivity contribution in [3.63, 3.8) is 0 Å². The average molecular weight is 339 g/mol. The highest BCUT2D eigenvalue weighted by Crippen LogP contribution is 2.18. The van der Waals surface area contributed by atoms with Gasteiger partial charge < -0.3 is 15.3 Å². The fraction of sp³-hybridized carbons (Fsp3) is 0.600. The van der Waals surface area contributed by atoms with Crippen LogP contribution in [-0.2, 0) is 16.1 Å². The van der Waals surface area contributed by atoms with Crippen LogP contribution in [0.15, 0.2) is 5.38 Å². The molecule has 1 aromatic rings. The fourth-order valence-corrected chi connectivity index (χ4v) is 3.29. The van der Waals surface area contributed by atoms with Gasteiger partial charge in [0.25, 0.3) is 0 Å². The molecular weight excluding hydrogens is 318 g/mol. The molecule has 2 rings (SSSR count). The average Bonchev–Trinajstić information content (AvgIpc) is 3.02. The summed E-state index contributed by atoms with van der Waals surface area (Å²) >= 11 is 1.21. The molecule has 0 saturated carbocycles. The van der Waals surface area contributed by atoms with Gasteiger partial charge in [-0.1, -0.05) is 6.92 Å². The number of piperidine rings is 1. The van der Waals surface area contributed by atoms with Crippen LogP contribution in [0.5, 0.6) is 0 Å². The van der Waals surface area contributed by atoms with Crippen molar-refractivity contribution in [1.82, 2.24) is 15.2 Å². The van der Waals surface area contributed by atoms with Gasteiger partial charge in [-0.05, 0) is 19.3 Å². The van der Waals surface area contributed by atoms with Gasteiger partial charge in [0.05, 0.1) is 12.5 Å². The zero-order valence-corrected chi connectivity index (χ0v) is 13.9. The summed E-state index contributed by atoms with van der Waals surface area (Å²) in [5.74, 6) is -1.28. The molecule has 0 spiro atoms. The Morgan fingerprint density at radius 3 is 2.91 bits per heavy atom. The topological polar surface area (TPSA) is 99.6 Å². The molecule has 0 bridgehead atoms. The largest absolute Gasteiger partial charge is 0.476 e.